The fraction of sp³-hybridized carbons (Fsp3) is 0.400. The maximum absolute atomic E-state index is 11.1. The van der Waals surface area contributed by atoms with Crippen LogP contribution in [0.2, 0.25) is 0 Å². The van der Waals surface area contributed by atoms with E-state index in [1.807, 2.05) is 13.8 Å². The number of carboxylic acids is 1. The molecule has 1 aromatic rings. The summed E-state index contributed by atoms with van der Waals surface area (Å²) < 4.78 is 0. The zero-order valence-electron chi connectivity index (χ0n) is 8.70. The molecular formula is C10H14N2O3. The molecule has 0 bridgehead atoms. The fourth-order valence-corrected chi connectivity index (χ4v) is 1.08. The first-order valence-corrected chi connectivity index (χ1v) is 4.70. The summed E-state index contributed by atoms with van der Waals surface area (Å²) >= 11 is 0. The average Bonchev–Trinajstić information content (AvgIpc) is 2.13. The number of anilines is 1. The Kier molecular flexibility index (Phi) is 3.49. The number of rotatable bonds is 4. The summed E-state index contributed by atoms with van der Waals surface area (Å²) in [6.07, 6.45) is 0. The molecule has 1 aromatic heterocycles. The van der Waals surface area contributed by atoms with E-state index in [2.05, 4.69) is 10.3 Å². The Morgan fingerprint density at radius 3 is 2.73 bits per heavy atom. The van der Waals surface area contributed by atoms with E-state index in [0.717, 1.165) is 6.07 Å². The number of H-pyrrole nitrogens is 1. The van der Waals surface area contributed by atoms with E-state index < -0.39 is 11.5 Å². The highest BCUT2D eigenvalue weighted by atomic mass is 16.4. The van der Waals surface area contributed by atoms with Gasteiger partial charge in [0.05, 0.1) is 5.56 Å². The van der Waals surface area contributed by atoms with Crippen molar-refractivity contribution in [3.05, 3.63) is 28.0 Å². The molecular weight excluding hydrogens is 196 g/mol. The Morgan fingerprint density at radius 2 is 2.20 bits per heavy atom. The van der Waals surface area contributed by atoms with Crippen LogP contribution >= 0.6 is 0 Å². The van der Waals surface area contributed by atoms with Gasteiger partial charge in [-0.25, -0.2) is 4.79 Å². The molecule has 5 nitrogen and oxygen atoms in total. The Labute approximate surface area is 87.1 Å². The standard InChI is InChI=1S/C10H14N2O3/c1-6(2)5-11-8-3-7(10(14)15)4-9(13)12-8/h3-4,6H,5H2,1-2H3,(H,14,15)(H2,11,12,13). The van der Waals surface area contributed by atoms with Gasteiger partial charge in [-0.15, -0.1) is 0 Å². The monoisotopic (exact) mass is 210 g/mol. The van der Waals surface area contributed by atoms with Crippen molar-refractivity contribution in [2.75, 3.05) is 11.9 Å². The summed E-state index contributed by atoms with van der Waals surface area (Å²) in [5.41, 5.74) is -0.425. The second kappa shape index (κ2) is 4.63. The lowest BCUT2D eigenvalue weighted by atomic mass is 10.2. The summed E-state index contributed by atoms with van der Waals surface area (Å²) in [6, 6.07) is 2.47. The minimum absolute atomic E-state index is 0.00925. The third kappa shape index (κ3) is 3.46. The van der Waals surface area contributed by atoms with Crippen LogP contribution in [0.1, 0.15) is 24.2 Å². The molecule has 0 saturated heterocycles. The Morgan fingerprint density at radius 1 is 1.53 bits per heavy atom. The largest absolute Gasteiger partial charge is 0.478 e. The van der Waals surface area contributed by atoms with Crippen molar-refractivity contribution in [3.8, 4) is 0 Å². The molecule has 1 heterocycles. The first kappa shape index (κ1) is 11.3. The third-order valence-electron chi connectivity index (χ3n) is 1.79. The van der Waals surface area contributed by atoms with Gasteiger partial charge in [-0.05, 0) is 12.0 Å². The lowest BCUT2D eigenvalue weighted by Crippen LogP contribution is -2.15. The SMILES string of the molecule is CC(C)CNc1cc(C(=O)O)cc(=O)[nH]1. The first-order valence-electron chi connectivity index (χ1n) is 4.70. The maximum Gasteiger partial charge on any atom is 0.336 e. The minimum atomic E-state index is -1.10. The van der Waals surface area contributed by atoms with Gasteiger partial charge in [0.15, 0.2) is 0 Å². The summed E-state index contributed by atoms with van der Waals surface area (Å²) in [5.74, 6) is -0.246. The quantitative estimate of drug-likeness (QED) is 0.696. The highest BCUT2D eigenvalue weighted by molar-refractivity contribution is 5.88. The lowest BCUT2D eigenvalue weighted by Gasteiger charge is -2.08. The van der Waals surface area contributed by atoms with Crippen LogP contribution in [0.5, 0.6) is 0 Å². The van der Waals surface area contributed by atoms with Crippen LogP contribution in [-0.4, -0.2) is 22.6 Å². The highest BCUT2D eigenvalue weighted by Crippen LogP contribution is 2.05. The van der Waals surface area contributed by atoms with Crippen LogP contribution in [-0.2, 0) is 0 Å². The van der Waals surface area contributed by atoms with Gasteiger partial charge in [-0.3, -0.25) is 4.79 Å². The van der Waals surface area contributed by atoms with Crippen molar-refractivity contribution >= 4 is 11.8 Å². The van der Waals surface area contributed by atoms with Crippen LogP contribution in [0.25, 0.3) is 0 Å². The second-order valence-corrected chi connectivity index (χ2v) is 3.73. The number of nitrogens with one attached hydrogen (secondary N) is 2. The predicted molar refractivity (Wildman–Crippen MR) is 57.3 cm³/mol. The van der Waals surface area contributed by atoms with Gasteiger partial charge in [-0.2, -0.15) is 0 Å². The lowest BCUT2D eigenvalue weighted by molar-refractivity contribution is 0.0696. The van der Waals surface area contributed by atoms with Crippen LogP contribution in [0, 0.1) is 5.92 Å². The highest BCUT2D eigenvalue weighted by Gasteiger charge is 2.05. The predicted octanol–water partition coefficient (Wildman–Crippen LogP) is 1.14. The minimum Gasteiger partial charge on any atom is -0.478 e. The normalized spacial score (nSPS) is 10.3. The van der Waals surface area contributed by atoms with Gasteiger partial charge in [0, 0.05) is 12.6 Å². The van der Waals surface area contributed by atoms with E-state index >= 15 is 0 Å². The van der Waals surface area contributed by atoms with Crippen molar-refractivity contribution in [3.63, 3.8) is 0 Å². The topological polar surface area (TPSA) is 82.2 Å². The van der Waals surface area contributed by atoms with Crippen LogP contribution in [0.15, 0.2) is 16.9 Å². The summed E-state index contributed by atoms with van der Waals surface area (Å²) in [5, 5.41) is 11.7. The smallest absolute Gasteiger partial charge is 0.336 e. The van der Waals surface area contributed by atoms with Crippen LogP contribution in [0.3, 0.4) is 0 Å². The van der Waals surface area contributed by atoms with Crippen molar-refractivity contribution in [1.29, 1.82) is 0 Å². The molecule has 0 aliphatic carbocycles. The number of aromatic nitrogens is 1. The van der Waals surface area contributed by atoms with Crippen molar-refractivity contribution < 1.29 is 9.90 Å². The molecule has 0 unspecified atom stereocenters. The Hall–Kier alpha value is -1.78. The van der Waals surface area contributed by atoms with Crippen LogP contribution < -0.4 is 10.9 Å². The Bertz CT molecular complexity index is 409. The summed E-state index contributed by atoms with van der Waals surface area (Å²) in [4.78, 5) is 24.3. The van der Waals surface area contributed by atoms with Gasteiger partial charge in [0.25, 0.3) is 0 Å². The molecule has 5 heteroatoms. The van der Waals surface area contributed by atoms with Gasteiger partial charge in [-0.1, -0.05) is 13.8 Å². The molecule has 0 atom stereocenters. The first-order chi connectivity index (χ1) is 6.99. The molecule has 0 aliphatic heterocycles. The molecule has 0 aromatic carbocycles. The molecule has 15 heavy (non-hydrogen) atoms. The fourth-order valence-electron chi connectivity index (χ4n) is 1.08. The molecule has 0 fully saturated rings. The Balaban J connectivity index is 2.89. The molecule has 1 rings (SSSR count). The summed E-state index contributed by atoms with van der Waals surface area (Å²) in [6.45, 7) is 4.72. The van der Waals surface area contributed by atoms with Crippen LogP contribution in [0.4, 0.5) is 5.82 Å². The third-order valence-corrected chi connectivity index (χ3v) is 1.79. The number of carbonyl (C=O) groups is 1. The number of hydrogen-bond donors (Lipinski definition) is 3. The van der Waals surface area contributed by atoms with E-state index in [1.54, 1.807) is 0 Å². The molecule has 0 amide bonds. The van der Waals surface area contributed by atoms with E-state index in [1.165, 1.54) is 6.07 Å². The van der Waals surface area contributed by atoms with Gasteiger partial charge in [0.2, 0.25) is 5.56 Å². The maximum atomic E-state index is 11.1. The summed E-state index contributed by atoms with van der Waals surface area (Å²) in [7, 11) is 0. The van der Waals surface area contributed by atoms with E-state index in [4.69, 9.17) is 5.11 Å². The zero-order chi connectivity index (χ0) is 11.4. The van der Waals surface area contributed by atoms with E-state index in [-0.39, 0.29) is 5.56 Å². The zero-order valence-corrected chi connectivity index (χ0v) is 8.70. The number of aromatic carboxylic acids is 1. The van der Waals surface area contributed by atoms with Crippen molar-refractivity contribution in [2.24, 2.45) is 5.92 Å². The molecule has 0 aliphatic rings. The average molecular weight is 210 g/mol. The molecule has 0 saturated carbocycles. The molecule has 0 spiro atoms. The molecule has 0 radical (unpaired) electrons. The molecule has 82 valence electrons. The molecule has 3 N–H and O–H groups in total. The van der Waals surface area contributed by atoms with Crippen molar-refractivity contribution in [1.82, 2.24) is 4.98 Å². The number of hydrogen-bond acceptors (Lipinski definition) is 3. The van der Waals surface area contributed by atoms with E-state index in [9.17, 15) is 9.59 Å². The number of carboxylic acid groups (broad SMARTS) is 1. The van der Waals surface area contributed by atoms with E-state index in [0.29, 0.717) is 18.3 Å². The van der Waals surface area contributed by atoms with Crippen molar-refractivity contribution in [2.45, 2.75) is 13.8 Å². The number of aromatic amines is 1. The van der Waals surface area contributed by atoms with Gasteiger partial charge < -0.3 is 15.4 Å². The number of pyridine rings is 1. The van der Waals surface area contributed by atoms with Gasteiger partial charge in [0.1, 0.15) is 5.82 Å². The van der Waals surface area contributed by atoms with Gasteiger partial charge >= 0.3 is 5.97 Å². The second-order valence-electron chi connectivity index (χ2n) is 3.73.